The van der Waals surface area contributed by atoms with E-state index in [0.717, 1.165) is 30.9 Å². The zero-order valence-electron chi connectivity index (χ0n) is 15.1. The molecule has 1 amide bonds. The molecule has 0 aliphatic carbocycles. The number of hydrogen-bond acceptors (Lipinski definition) is 4. The number of carbonyl (C=O) groups excluding carboxylic acids is 1. The molecule has 6 heteroatoms. The molecule has 0 spiro atoms. The SMILES string of the molecule is CCC1CCCCN1c1ncc(C(=O)NCCc2cccc(Cl)c2)cn1. The molecule has 5 nitrogen and oxygen atoms in total. The third-order valence-corrected chi connectivity index (χ3v) is 5.08. The van der Waals surface area contributed by atoms with Crippen molar-refractivity contribution in [1.82, 2.24) is 15.3 Å². The average molecular weight is 373 g/mol. The van der Waals surface area contributed by atoms with Gasteiger partial charge in [-0.15, -0.1) is 0 Å². The van der Waals surface area contributed by atoms with Crippen molar-refractivity contribution in [2.24, 2.45) is 0 Å². The maximum Gasteiger partial charge on any atom is 0.254 e. The number of nitrogens with one attached hydrogen (secondary N) is 1. The summed E-state index contributed by atoms with van der Waals surface area (Å²) < 4.78 is 0. The standard InChI is InChI=1S/C20H25ClN4O/c1-2-18-8-3-4-11-25(18)20-23-13-16(14-24-20)19(26)22-10-9-15-6-5-7-17(21)12-15/h5-7,12-14,18H,2-4,8-11H2,1H3,(H,22,26). The van der Waals surface area contributed by atoms with Gasteiger partial charge >= 0.3 is 0 Å². The highest BCUT2D eigenvalue weighted by Crippen LogP contribution is 2.23. The van der Waals surface area contributed by atoms with Gasteiger partial charge < -0.3 is 10.2 Å². The molecule has 1 N–H and O–H groups in total. The number of aromatic nitrogens is 2. The van der Waals surface area contributed by atoms with Crippen LogP contribution in [-0.2, 0) is 6.42 Å². The Balaban J connectivity index is 1.55. The number of carbonyl (C=O) groups is 1. The molecule has 3 rings (SSSR count). The van der Waals surface area contributed by atoms with Gasteiger partial charge in [-0.1, -0.05) is 30.7 Å². The average Bonchev–Trinajstić information content (AvgIpc) is 2.68. The Morgan fingerprint density at radius 2 is 2.12 bits per heavy atom. The summed E-state index contributed by atoms with van der Waals surface area (Å²) in [7, 11) is 0. The number of halogens is 1. The van der Waals surface area contributed by atoms with E-state index < -0.39 is 0 Å². The van der Waals surface area contributed by atoms with Gasteiger partial charge in [0.1, 0.15) is 0 Å². The molecular formula is C20H25ClN4O. The summed E-state index contributed by atoms with van der Waals surface area (Å²) in [5, 5.41) is 3.62. The van der Waals surface area contributed by atoms with Crippen molar-refractivity contribution in [1.29, 1.82) is 0 Å². The molecule has 0 saturated carbocycles. The Labute approximate surface area is 159 Å². The lowest BCUT2D eigenvalue weighted by Gasteiger charge is -2.35. The summed E-state index contributed by atoms with van der Waals surface area (Å²) in [6, 6.07) is 8.17. The van der Waals surface area contributed by atoms with Crippen LogP contribution in [0.2, 0.25) is 5.02 Å². The Hall–Kier alpha value is -2.14. The van der Waals surface area contributed by atoms with E-state index >= 15 is 0 Å². The molecule has 0 radical (unpaired) electrons. The van der Waals surface area contributed by atoms with E-state index in [9.17, 15) is 4.79 Å². The largest absolute Gasteiger partial charge is 0.352 e. The molecular weight excluding hydrogens is 348 g/mol. The summed E-state index contributed by atoms with van der Waals surface area (Å²) in [6.07, 6.45) is 8.70. The molecule has 1 aromatic carbocycles. The Bertz CT molecular complexity index is 735. The second kappa shape index (κ2) is 8.99. The zero-order valence-corrected chi connectivity index (χ0v) is 15.9. The van der Waals surface area contributed by atoms with Crippen molar-refractivity contribution in [3.05, 3.63) is 52.8 Å². The molecule has 26 heavy (non-hydrogen) atoms. The van der Waals surface area contributed by atoms with Gasteiger partial charge in [0.25, 0.3) is 5.91 Å². The molecule has 2 heterocycles. The van der Waals surface area contributed by atoms with Crippen molar-refractivity contribution in [3.8, 4) is 0 Å². The number of rotatable bonds is 6. The minimum atomic E-state index is -0.149. The minimum absolute atomic E-state index is 0.149. The fourth-order valence-electron chi connectivity index (χ4n) is 3.39. The molecule has 1 aliphatic heterocycles. The topological polar surface area (TPSA) is 58.1 Å². The molecule has 1 aromatic heterocycles. The van der Waals surface area contributed by atoms with E-state index in [2.05, 4.69) is 27.1 Å². The van der Waals surface area contributed by atoms with Gasteiger partial charge in [0, 0.05) is 36.5 Å². The summed E-state index contributed by atoms with van der Waals surface area (Å²) in [5.74, 6) is 0.580. The van der Waals surface area contributed by atoms with E-state index in [1.807, 2.05) is 24.3 Å². The second-order valence-corrected chi connectivity index (χ2v) is 7.10. The lowest BCUT2D eigenvalue weighted by molar-refractivity contribution is 0.0953. The summed E-state index contributed by atoms with van der Waals surface area (Å²) in [4.78, 5) is 23.4. The minimum Gasteiger partial charge on any atom is -0.352 e. The highest BCUT2D eigenvalue weighted by Gasteiger charge is 2.23. The van der Waals surface area contributed by atoms with Crippen LogP contribution in [0.3, 0.4) is 0 Å². The van der Waals surface area contributed by atoms with Crippen LogP contribution in [0.15, 0.2) is 36.7 Å². The predicted octanol–water partition coefficient (Wildman–Crippen LogP) is 3.87. The molecule has 1 atom stereocenters. The van der Waals surface area contributed by atoms with Gasteiger partial charge in [0.2, 0.25) is 5.95 Å². The zero-order chi connectivity index (χ0) is 18.4. The van der Waals surface area contributed by atoms with E-state index in [1.165, 1.54) is 19.3 Å². The van der Waals surface area contributed by atoms with E-state index in [4.69, 9.17) is 11.6 Å². The van der Waals surface area contributed by atoms with Gasteiger partial charge in [-0.05, 0) is 49.8 Å². The van der Waals surface area contributed by atoms with Gasteiger partial charge in [-0.3, -0.25) is 4.79 Å². The summed E-state index contributed by atoms with van der Waals surface area (Å²) >= 11 is 5.97. The summed E-state index contributed by atoms with van der Waals surface area (Å²) in [5.41, 5.74) is 1.59. The van der Waals surface area contributed by atoms with Gasteiger partial charge in [0.15, 0.2) is 0 Å². The monoisotopic (exact) mass is 372 g/mol. The van der Waals surface area contributed by atoms with Crippen molar-refractivity contribution in [2.75, 3.05) is 18.0 Å². The first-order valence-electron chi connectivity index (χ1n) is 9.28. The third kappa shape index (κ3) is 4.73. The fraction of sp³-hybridized carbons (Fsp3) is 0.450. The number of nitrogens with zero attached hydrogens (tertiary/aromatic N) is 3. The van der Waals surface area contributed by atoms with Crippen LogP contribution in [0.4, 0.5) is 5.95 Å². The summed E-state index contributed by atoms with van der Waals surface area (Å²) in [6.45, 7) is 3.74. The highest BCUT2D eigenvalue weighted by atomic mass is 35.5. The Morgan fingerprint density at radius 3 is 2.85 bits per heavy atom. The van der Waals surface area contributed by atoms with Gasteiger partial charge in [-0.25, -0.2) is 9.97 Å². The second-order valence-electron chi connectivity index (χ2n) is 6.66. The van der Waals surface area contributed by atoms with E-state index in [0.29, 0.717) is 23.2 Å². The maximum atomic E-state index is 12.3. The number of amides is 1. The predicted molar refractivity (Wildman–Crippen MR) is 105 cm³/mol. The molecule has 138 valence electrons. The number of anilines is 1. The van der Waals surface area contributed by atoms with Crippen molar-refractivity contribution < 1.29 is 4.79 Å². The Morgan fingerprint density at radius 1 is 1.31 bits per heavy atom. The first-order chi connectivity index (χ1) is 12.7. The van der Waals surface area contributed by atoms with Crippen LogP contribution in [0.25, 0.3) is 0 Å². The first-order valence-corrected chi connectivity index (χ1v) is 9.66. The van der Waals surface area contributed by atoms with Gasteiger partial charge in [-0.2, -0.15) is 0 Å². The molecule has 1 unspecified atom stereocenters. The van der Waals surface area contributed by atoms with Crippen molar-refractivity contribution in [3.63, 3.8) is 0 Å². The Kier molecular flexibility index (Phi) is 6.45. The molecule has 1 aliphatic rings. The number of hydrogen-bond donors (Lipinski definition) is 1. The normalized spacial score (nSPS) is 17.2. The molecule has 1 saturated heterocycles. The van der Waals surface area contributed by atoms with Crippen molar-refractivity contribution >= 4 is 23.5 Å². The number of piperidine rings is 1. The lowest BCUT2D eigenvalue weighted by atomic mass is 10.0. The molecule has 2 aromatic rings. The first kappa shape index (κ1) is 18.6. The van der Waals surface area contributed by atoms with E-state index in [1.54, 1.807) is 12.4 Å². The van der Waals surface area contributed by atoms with Crippen LogP contribution in [-0.4, -0.2) is 35.0 Å². The molecule has 1 fully saturated rings. The van der Waals surface area contributed by atoms with Gasteiger partial charge in [0.05, 0.1) is 5.56 Å². The highest BCUT2D eigenvalue weighted by molar-refractivity contribution is 6.30. The molecule has 0 bridgehead atoms. The van der Waals surface area contributed by atoms with Crippen LogP contribution >= 0.6 is 11.6 Å². The van der Waals surface area contributed by atoms with Crippen molar-refractivity contribution in [2.45, 2.75) is 45.1 Å². The van der Waals surface area contributed by atoms with Crippen LogP contribution in [0.5, 0.6) is 0 Å². The van der Waals surface area contributed by atoms with Crippen LogP contribution in [0.1, 0.15) is 48.5 Å². The smallest absolute Gasteiger partial charge is 0.254 e. The maximum absolute atomic E-state index is 12.3. The number of benzene rings is 1. The fourth-order valence-corrected chi connectivity index (χ4v) is 3.60. The quantitative estimate of drug-likeness (QED) is 0.836. The van der Waals surface area contributed by atoms with Crippen LogP contribution in [0, 0.1) is 0 Å². The third-order valence-electron chi connectivity index (χ3n) is 4.84. The van der Waals surface area contributed by atoms with E-state index in [-0.39, 0.29) is 5.91 Å². The lowest BCUT2D eigenvalue weighted by Crippen LogP contribution is -2.40. The van der Waals surface area contributed by atoms with Crippen LogP contribution < -0.4 is 10.2 Å².